The number of hydrogen-bond acceptors (Lipinski definition) is 4. The Bertz CT molecular complexity index is 603. The van der Waals surface area contributed by atoms with Gasteiger partial charge in [0.1, 0.15) is 5.52 Å². The van der Waals surface area contributed by atoms with Crippen LogP contribution in [-0.4, -0.2) is 20.7 Å². The summed E-state index contributed by atoms with van der Waals surface area (Å²) in [7, 11) is 1.62. The van der Waals surface area contributed by atoms with Gasteiger partial charge in [-0.3, -0.25) is 19.3 Å². The van der Waals surface area contributed by atoms with Gasteiger partial charge in [-0.25, -0.2) is 0 Å². The SMILES string of the molecule is Cn1nc(C(N)=O)c(=O)c2ncccc21. The number of hydrogen-bond donors (Lipinski definition) is 1. The summed E-state index contributed by atoms with van der Waals surface area (Å²) in [6.45, 7) is 0. The Kier molecular flexibility index (Phi) is 1.96. The fraction of sp³-hybridized carbons (Fsp3) is 0.111. The van der Waals surface area contributed by atoms with Gasteiger partial charge in [-0.15, -0.1) is 0 Å². The lowest BCUT2D eigenvalue weighted by molar-refractivity contribution is 0.0992. The minimum atomic E-state index is -0.844. The van der Waals surface area contributed by atoms with Gasteiger partial charge in [0.15, 0.2) is 5.69 Å². The predicted molar refractivity (Wildman–Crippen MR) is 53.3 cm³/mol. The average molecular weight is 204 g/mol. The average Bonchev–Trinajstić information content (AvgIpc) is 2.23. The highest BCUT2D eigenvalue weighted by molar-refractivity contribution is 5.93. The minimum absolute atomic E-state index is 0.198. The highest BCUT2D eigenvalue weighted by atomic mass is 16.2. The molecule has 15 heavy (non-hydrogen) atoms. The molecule has 2 rings (SSSR count). The van der Waals surface area contributed by atoms with Gasteiger partial charge in [-0.1, -0.05) is 0 Å². The van der Waals surface area contributed by atoms with Crippen molar-refractivity contribution in [3.05, 3.63) is 34.2 Å². The van der Waals surface area contributed by atoms with Crippen molar-refractivity contribution in [3.63, 3.8) is 0 Å². The summed E-state index contributed by atoms with van der Waals surface area (Å²) in [6, 6.07) is 3.38. The zero-order valence-electron chi connectivity index (χ0n) is 7.97. The summed E-state index contributed by atoms with van der Waals surface area (Å²) in [5.74, 6) is -0.844. The lowest BCUT2D eigenvalue weighted by Crippen LogP contribution is -2.27. The molecule has 6 nitrogen and oxygen atoms in total. The van der Waals surface area contributed by atoms with Crippen molar-refractivity contribution >= 4 is 16.9 Å². The first-order chi connectivity index (χ1) is 7.11. The number of primary amides is 1. The van der Waals surface area contributed by atoms with E-state index in [1.165, 1.54) is 10.9 Å². The number of nitrogens with two attached hydrogens (primary N) is 1. The first-order valence-corrected chi connectivity index (χ1v) is 4.23. The second-order valence-electron chi connectivity index (χ2n) is 3.04. The van der Waals surface area contributed by atoms with E-state index >= 15 is 0 Å². The second-order valence-corrected chi connectivity index (χ2v) is 3.04. The summed E-state index contributed by atoms with van der Waals surface area (Å²) in [6.07, 6.45) is 1.48. The molecule has 0 saturated heterocycles. The molecule has 0 saturated carbocycles. The van der Waals surface area contributed by atoms with Crippen molar-refractivity contribution in [2.75, 3.05) is 0 Å². The number of carbonyl (C=O) groups is 1. The van der Waals surface area contributed by atoms with E-state index in [1.807, 2.05) is 0 Å². The highest BCUT2D eigenvalue weighted by Gasteiger charge is 2.13. The van der Waals surface area contributed by atoms with E-state index in [0.29, 0.717) is 5.52 Å². The third-order valence-corrected chi connectivity index (χ3v) is 2.05. The van der Waals surface area contributed by atoms with E-state index in [9.17, 15) is 9.59 Å². The van der Waals surface area contributed by atoms with E-state index in [2.05, 4.69) is 10.1 Å². The van der Waals surface area contributed by atoms with Gasteiger partial charge >= 0.3 is 0 Å². The van der Waals surface area contributed by atoms with Crippen LogP contribution in [0.3, 0.4) is 0 Å². The number of aryl methyl sites for hydroxylation is 1. The highest BCUT2D eigenvalue weighted by Crippen LogP contribution is 2.04. The topological polar surface area (TPSA) is 90.9 Å². The number of fused-ring (bicyclic) bond motifs is 1. The molecular weight excluding hydrogens is 196 g/mol. The molecular formula is C9H8N4O2. The summed E-state index contributed by atoms with van der Waals surface area (Å²) in [5.41, 5.74) is 4.97. The van der Waals surface area contributed by atoms with Gasteiger partial charge in [0.05, 0.1) is 5.52 Å². The molecule has 0 atom stereocenters. The summed E-state index contributed by atoms with van der Waals surface area (Å²) >= 11 is 0. The van der Waals surface area contributed by atoms with Crippen molar-refractivity contribution in [3.8, 4) is 0 Å². The van der Waals surface area contributed by atoms with Crippen LogP contribution in [-0.2, 0) is 7.05 Å². The zero-order chi connectivity index (χ0) is 11.0. The van der Waals surface area contributed by atoms with E-state index in [-0.39, 0.29) is 11.2 Å². The van der Waals surface area contributed by atoms with Crippen LogP contribution in [0.4, 0.5) is 0 Å². The predicted octanol–water partition coefficient (Wildman–Crippen LogP) is -0.573. The van der Waals surface area contributed by atoms with Gasteiger partial charge in [0.2, 0.25) is 5.43 Å². The van der Waals surface area contributed by atoms with Gasteiger partial charge < -0.3 is 5.73 Å². The quantitative estimate of drug-likeness (QED) is 0.673. The number of pyridine rings is 1. The Labute approximate surface area is 84.3 Å². The molecule has 76 valence electrons. The maximum Gasteiger partial charge on any atom is 0.273 e. The summed E-state index contributed by atoms with van der Waals surface area (Å²) in [4.78, 5) is 26.5. The molecule has 0 radical (unpaired) electrons. The van der Waals surface area contributed by atoms with E-state index in [4.69, 9.17) is 5.73 Å². The van der Waals surface area contributed by atoms with E-state index in [1.54, 1.807) is 19.2 Å². The molecule has 2 aromatic rings. The largest absolute Gasteiger partial charge is 0.364 e. The van der Waals surface area contributed by atoms with Crippen molar-refractivity contribution in [2.45, 2.75) is 0 Å². The fourth-order valence-corrected chi connectivity index (χ4v) is 1.36. The Balaban J connectivity index is 2.97. The maximum atomic E-state index is 11.7. The Morgan fingerprint density at radius 2 is 2.27 bits per heavy atom. The molecule has 0 aliphatic heterocycles. The lowest BCUT2D eigenvalue weighted by atomic mass is 10.3. The summed E-state index contributed by atoms with van der Waals surface area (Å²) in [5, 5.41) is 3.79. The molecule has 0 unspecified atom stereocenters. The number of rotatable bonds is 1. The second kappa shape index (κ2) is 3.16. The van der Waals surface area contributed by atoms with Crippen LogP contribution in [0.2, 0.25) is 0 Å². The van der Waals surface area contributed by atoms with Crippen LogP contribution in [0.1, 0.15) is 10.5 Å². The smallest absolute Gasteiger partial charge is 0.273 e. The van der Waals surface area contributed by atoms with Gasteiger partial charge in [-0.05, 0) is 12.1 Å². The molecule has 0 aromatic carbocycles. The molecule has 6 heteroatoms. The molecule has 0 aliphatic carbocycles. The third kappa shape index (κ3) is 1.35. The van der Waals surface area contributed by atoms with Crippen LogP contribution in [0, 0.1) is 0 Å². The molecule has 1 amide bonds. The van der Waals surface area contributed by atoms with E-state index in [0.717, 1.165) is 0 Å². The Morgan fingerprint density at radius 3 is 2.93 bits per heavy atom. The van der Waals surface area contributed by atoms with Crippen LogP contribution in [0.25, 0.3) is 11.0 Å². The maximum absolute atomic E-state index is 11.7. The number of aromatic nitrogens is 3. The molecule has 2 heterocycles. The minimum Gasteiger partial charge on any atom is -0.364 e. The van der Waals surface area contributed by atoms with Gasteiger partial charge in [0, 0.05) is 13.2 Å². The fourth-order valence-electron chi connectivity index (χ4n) is 1.36. The molecule has 0 fully saturated rings. The first kappa shape index (κ1) is 9.32. The normalized spacial score (nSPS) is 10.5. The van der Waals surface area contributed by atoms with Gasteiger partial charge in [-0.2, -0.15) is 5.10 Å². The first-order valence-electron chi connectivity index (χ1n) is 4.23. The van der Waals surface area contributed by atoms with Crippen LogP contribution >= 0.6 is 0 Å². The van der Waals surface area contributed by atoms with Crippen molar-refractivity contribution in [2.24, 2.45) is 12.8 Å². The molecule has 0 bridgehead atoms. The van der Waals surface area contributed by atoms with Crippen LogP contribution in [0.15, 0.2) is 23.1 Å². The number of nitrogens with zero attached hydrogens (tertiary/aromatic N) is 3. The third-order valence-electron chi connectivity index (χ3n) is 2.05. The number of amides is 1. The standard InChI is InChI=1S/C9H8N4O2/c1-13-5-3-2-4-11-6(5)8(14)7(12-13)9(10)15/h2-4H,1H3,(H2,10,15). The lowest BCUT2D eigenvalue weighted by Gasteiger charge is -2.04. The number of carbonyl (C=O) groups excluding carboxylic acids is 1. The zero-order valence-corrected chi connectivity index (χ0v) is 7.97. The monoisotopic (exact) mass is 204 g/mol. The molecule has 2 aromatic heterocycles. The Morgan fingerprint density at radius 1 is 1.53 bits per heavy atom. The van der Waals surface area contributed by atoms with Crippen molar-refractivity contribution in [1.29, 1.82) is 0 Å². The van der Waals surface area contributed by atoms with Crippen molar-refractivity contribution < 1.29 is 4.79 Å². The van der Waals surface area contributed by atoms with Gasteiger partial charge in [0.25, 0.3) is 5.91 Å². The summed E-state index contributed by atoms with van der Waals surface area (Å²) < 4.78 is 1.41. The molecule has 0 spiro atoms. The Hall–Kier alpha value is -2.24. The van der Waals surface area contributed by atoms with Crippen LogP contribution in [0.5, 0.6) is 0 Å². The van der Waals surface area contributed by atoms with Crippen LogP contribution < -0.4 is 11.2 Å². The molecule has 2 N–H and O–H groups in total. The van der Waals surface area contributed by atoms with E-state index < -0.39 is 11.3 Å². The van der Waals surface area contributed by atoms with Crippen molar-refractivity contribution in [1.82, 2.24) is 14.8 Å². The molecule has 0 aliphatic rings.